The molecule has 1 amide bonds. The van der Waals surface area contributed by atoms with Crippen LogP contribution in [0, 0.1) is 11.7 Å². The van der Waals surface area contributed by atoms with Crippen LogP contribution in [0.1, 0.15) is 18.4 Å². The highest BCUT2D eigenvalue weighted by Crippen LogP contribution is 2.30. The van der Waals surface area contributed by atoms with E-state index in [2.05, 4.69) is 9.80 Å². The number of fused-ring (bicyclic) bond motifs is 4. The predicted molar refractivity (Wildman–Crippen MR) is 95.0 cm³/mol. The van der Waals surface area contributed by atoms with Crippen molar-refractivity contribution in [3.63, 3.8) is 0 Å². The summed E-state index contributed by atoms with van der Waals surface area (Å²) in [7, 11) is 5.11. The highest BCUT2D eigenvalue weighted by molar-refractivity contribution is 5.77. The first-order chi connectivity index (χ1) is 12.0. The van der Waals surface area contributed by atoms with E-state index >= 15 is 0 Å². The zero-order valence-corrected chi connectivity index (χ0v) is 15.4. The van der Waals surface area contributed by atoms with Crippen LogP contribution < -0.4 is 4.74 Å². The maximum atomic E-state index is 13.6. The predicted octanol–water partition coefficient (Wildman–Crippen LogP) is 1.82. The van der Waals surface area contributed by atoms with E-state index < -0.39 is 0 Å². The standard InChI is InChI=1S/C19H28FN3O2/c1-21(2)19(24)13-22-9-15-4-6-16(12-22)23(11-15)10-14-5-7-17(20)18(8-14)25-3/h5,7-8,15-16H,4,6,9-13H2,1-3H3/t15-,16+/m1/s1. The van der Waals surface area contributed by atoms with Gasteiger partial charge in [0.2, 0.25) is 5.91 Å². The Morgan fingerprint density at radius 1 is 1.28 bits per heavy atom. The summed E-state index contributed by atoms with van der Waals surface area (Å²) in [5, 5.41) is 0. The molecule has 3 heterocycles. The van der Waals surface area contributed by atoms with E-state index in [1.54, 1.807) is 11.0 Å². The first kappa shape index (κ1) is 18.1. The minimum Gasteiger partial charge on any atom is -0.494 e. The Kier molecular flexibility index (Phi) is 5.59. The molecule has 0 radical (unpaired) electrons. The number of nitrogens with zero attached hydrogens (tertiary/aromatic N) is 3. The first-order valence-electron chi connectivity index (χ1n) is 8.95. The van der Waals surface area contributed by atoms with Crippen LogP contribution in [0.5, 0.6) is 5.75 Å². The van der Waals surface area contributed by atoms with Gasteiger partial charge in [0.25, 0.3) is 0 Å². The smallest absolute Gasteiger partial charge is 0.236 e. The Bertz CT molecular complexity index is 623. The van der Waals surface area contributed by atoms with Gasteiger partial charge in [-0.05, 0) is 36.5 Å². The third kappa shape index (κ3) is 4.30. The number of methoxy groups -OCH3 is 1. The van der Waals surface area contributed by atoms with Gasteiger partial charge in [0.15, 0.2) is 11.6 Å². The Morgan fingerprint density at radius 2 is 2.08 bits per heavy atom. The van der Waals surface area contributed by atoms with E-state index in [0.717, 1.165) is 38.2 Å². The van der Waals surface area contributed by atoms with Crippen LogP contribution in [-0.4, -0.2) is 74.0 Å². The molecule has 1 aromatic carbocycles. The van der Waals surface area contributed by atoms with Crippen molar-refractivity contribution in [2.45, 2.75) is 25.4 Å². The van der Waals surface area contributed by atoms with E-state index in [0.29, 0.717) is 24.3 Å². The number of halogens is 1. The lowest BCUT2D eigenvalue weighted by Gasteiger charge is -2.36. The molecule has 0 N–H and O–H groups in total. The van der Waals surface area contributed by atoms with Crippen molar-refractivity contribution in [3.8, 4) is 5.75 Å². The second-order valence-corrected chi connectivity index (χ2v) is 7.48. The monoisotopic (exact) mass is 349 g/mol. The maximum absolute atomic E-state index is 13.6. The molecule has 3 aliphatic heterocycles. The second kappa shape index (κ2) is 7.70. The van der Waals surface area contributed by atoms with Gasteiger partial charge in [0, 0.05) is 46.3 Å². The third-order valence-electron chi connectivity index (χ3n) is 5.36. The summed E-state index contributed by atoms with van der Waals surface area (Å²) in [6.07, 6.45) is 2.39. The van der Waals surface area contributed by atoms with Gasteiger partial charge in [0.05, 0.1) is 13.7 Å². The molecule has 3 saturated heterocycles. The Hall–Kier alpha value is -1.66. The van der Waals surface area contributed by atoms with Crippen LogP contribution in [0.3, 0.4) is 0 Å². The first-order valence-corrected chi connectivity index (χ1v) is 8.95. The van der Waals surface area contributed by atoms with Crippen molar-refractivity contribution in [2.75, 3.05) is 47.4 Å². The molecule has 5 nitrogen and oxygen atoms in total. The number of piperidine rings is 1. The van der Waals surface area contributed by atoms with Gasteiger partial charge in [-0.1, -0.05) is 6.07 Å². The van der Waals surface area contributed by atoms with Crippen LogP contribution in [0.4, 0.5) is 4.39 Å². The Labute approximate surface area is 149 Å². The molecule has 6 heteroatoms. The number of hydrogen-bond donors (Lipinski definition) is 0. The molecule has 3 aliphatic rings. The number of hydrogen-bond acceptors (Lipinski definition) is 4. The van der Waals surface area contributed by atoms with Crippen LogP contribution in [0.15, 0.2) is 18.2 Å². The third-order valence-corrected chi connectivity index (χ3v) is 5.36. The van der Waals surface area contributed by atoms with Gasteiger partial charge >= 0.3 is 0 Å². The lowest BCUT2D eigenvalue weighted by atomic mass is 9.94. The van der Waals surface area contributed by atoms with Crippen molar-refractivity contribution >= 4 is 5.91 Å². The molecule has 2 atom stereocenters. The topological polar surface area (TPSA) is 36.0 Å². The largest absolute Gasteiger partial charge is 0.494 e. The Morgan fingerprint density at radius 3 is 2.80 bits per heavy atom. The zero-order chi connectivity index (χ0) is 18.0. The fourth-order valence-electron chi connectivity index (χ4n) is 3.97. The van der Waals surface area contributed by atoms with Gasteiger partial charge in [-0.2, -0.15) is 0 Å². The molecule has 2 bridgehead atoms. The van der Waals surface area contributed by atoms with E-state index in [1.807, 2.05) is 20.2 Å². The molecule has 4 rings (SSSR count). The molecule has 0 aliphatic carbocycles. The average molecular weight is 349 g/mol. The number of amides is 1. The molecule has 1 aromatic rings. The highest BCUT2D eigenvalue weighted by Gasteiger charge is 2.35. The normalized spacial score (nSPS) is 24.2. The quantitative estimate of drug-likeness (QED) is 0.812. The summed E-state index contributed by atoms with van der Waals surface area (Å²) >= 11 is 0. The molecule has 0 unspecified atom stereocenters. The van der Waals surface area contributed by atoms with Crippen LogP contribution in [-0.2, 0) is 11.3 Å². The molecule has 3 fully saturated rings. The van der Waals surface area contributed by atoms with Crippen molar-refractivity contribution in [1.82, 2.24) is 14.7 Å². The van der Waals surface area contributed by atoms with Gasteiger partial charge in [-0.15, -0.1) is 0 Å². The zero-order valence-electron chi connectivity index (χ0n) is 15.4. The molecule has 138 valence electrons. The Balaban J connectivity index is 1.67. The maximum Gasteiger partial charge on any atom is 0.236 e. The van der Waals surface area contributed by atoms with E-state index in [1.165, 1.54) is 19.6 Å². The summed E-state index contributed by atoms with van der Waals surface area (Å²) in [6.45, 7) is 4.25. The van der Waals surface area contributed by atoms with Crippen molar-refractivity contribution in [3.05, 3.63) is 29.6 Å². The SMILES string of the molecule is COc1cc(CN2C[C@@H]3CC[C@H]2CN(CC(=O)N(C)C)C3)ccc1F. The van der Waals surface area contributed by atoms with E-state index in [9.17, 15) is 9.18 Å². The van der Waals surface area contributed by atoms with Gasteiger partial charge in [0.1, 0.15) is 0 Å². The second-order valence-electron chi connectivity index (χ2n) is 7.48. The van der Waals surface area contributed by atoms with Crippen LogP contribution in [0.25, 0.3) is 0 Å². The van der Waals surface area contributed by atoms with Crippen molar-refractivity contribution < 1.29 is 13.9 Å². The van der Waals surface area contributed by atoms with Crippen LogP contribution in [0.2, 0.25) is 0 Å². The van der Waals surface area contributed by atoms with E-state index in [4.69, 9.17) is 4.74 Å². The van der Waals surface area contributed by atoms with Crippen molar-refractivity contribution in [1.29, 1.82) is 0 Å². The minimum absolute atomic E-state index is 0.163. The number of rotatable bonds is 5. The number of benzene rings is 1. The lowest BCUT2D eigenvalue weighted by molar-refractivity contribution is -0.130. The molecule has 0 aromatic heterocycles. The lowest BCUT2D eigenvalue weighted by Crippen LogP contribution is -2.44. The number of carbonyl (C=O) groups is 1. The van der Waals surface area contributed by atoms with Gasteiger partial charge < -0.3 is 9.64 Å². The number of carbonyl (C=O) groups excluding carboxylic acids is 1. The molecule has 0 spiro atoms. The summed E-state index contributed by atoms with van der Waals surface area (Å²) < 4.78 is 18.7. The summed E-state index contributed by atoms with van der Waals surface area (Å²) in [5.41, 5.74) is 1.07. The molecular formula is C19H28FN3O2. The molecule has 0 saturated carbocycles. The molecular weight excluding hydrogens is 321 g/mol. The minimum atomic E-state index is -0.322. The fourth-order valence-corrected chi connectivity index (χ4v) is 3.97. The van der Waals surface area contributed by atoms with Crippen molar-refractivity contribution in [2.24, 2.45) is 5.92 Å². The number of likely N-dealkylation sites (N-methyl/N-ethyl adjacent to an activating group) is 1. The van der Waals surface area contributed by atoms with Crippen LogP contribution >= 0.6 is 0 Å². The highest BCUT2D eigenvalue weighted by atomic mass is 19.1. The van der Waals surface area contributed by atoms with Gasteiger partial charge in [-0.3, -0.25) is 14.6 Å². The van der Waals surface area contributed by atoms with Gasteiger partial charge in [-0.25, -0.2) is 4.39 Å². The summed E-state index contributed by atoms with van der Waals surface area (Å²) in [5.74, 6) is 0.736. The van der Waals surface area contributed by atoms with E-state index in [-0.39, 0.29) is 11.7 Å². The average Bonchev–Trinajstić information content (AvgIpc) is 2.87. The summed E-state index contributed by atoms with van der Waals surface area (Å²) in [6, 6.07) is 5.56. The summed E-state index contributed by atoms with van der Waals surface area (Å²) in [4.78, 5) is 18.5. The fraction of sp³-hybridized carbons (Fsp3) is 0.632. The number of ether oxygens (including phenoxy) is 1. The molecule has 25 heavy (non-hydrogen) atoms.